The van der Waals surface area contributed by atoms with Crippen molar-refractivity contribution in [1.29, 1.82) is 0 Å². The molecule has 98 valence electrons. The van der Waals surface area contributed by atoms with Gasteiger partial charge in [0.2, 0.25) is 0 Å². The van der Waals surface area contributed by atoms with Crippen LogP contribution in [0.5, 0.6) is 0 Å². The molecule has 0 aromatic heterocycles. The van der Waals surface area contributed by atoms with Crippen molar-refractivity contribution in [3.63, 3.8) is 0 Å². The fraction of sp³-hybridized carbons (Fsp3) is 0.250. The number of benzene rings is 2. The van der Waals surface area contributed by atoms with E-state index in [0.717, 1.165) is 24.0 Å². The van der Waals surface area contributed by atoms with Crippen LogP contribution in [0.15, 0.2) is 48.5 Å². The molecule has 0 bridgehead atoms. The number of hydrogen-bond acceptors (Lipinski definition) is 1. The Morgan fingerprint density at radius 2 is 1.42 bits per heavy atom. The van der Waals surface area contributed by atoms with Crippen LogP contribution >= 0.6 is 34.2 Å². The van der Waals surface area contributed by atoms with E-state index in [4.69, 9.17) is 11.6 Å². The van der Waals surface area contributed by atoms with E-state index in [9.17, 15) is 5.11 Å². The van der Waals surface area contributed by atoms with Crippen molar-refractivity contribution in [2.24, 2.45) is 5.92 Å². The summed E-state index contributed by atoms with van der Waals surface area (Å²) < 4.78 is 1.18. The van der Waals surface area contributed by atoms with Crippen molar-refractivity contribution in [2.45, 2.75) is 18.4 Å². The highest BCUT2D eigenvalue weighted by molar-refractivity contribution is 14.1. The molecule has 2 aromatic rings. The van der Waals surface area contributed by atoms with E-state index < -0.39 is 5.60 Å². The average molecular weight is 385 g/mol. The monoisotopic (exact) mass is 384 g/mol. The third-order valence-electron chi connectivity index (χ3n) is 3.74. The van der Waals surface area contributed by atoms with Crippen molar-refractivity contribution in [2.75, 3.05) is 0 Å². The minimum atomic E-state index is -0.880. The van der Waals surface area contributed by atoms with Gasteiger partial charge in [-0.25, -0.2) is 0 Å². The average Bonchev–Trinajstić information content (AvgIpc) is 3.24. The zero-order valence-corrected chi connectivity index (χ0v) is 13.2. The molecule has 1 nitrogen and oxygen atoms in total. The van der Waals surface area contributed by atoms with Crippen LogP contribution < -0.4 is 0 Å². The second-order valence-electron chi connectivity index (χ2n) is 5.05. The smallest absolute Gasteiger partial charge is 0.117 e. The zero-order chi connectivity index (χ0) is 13.5. The van der Waals surface area contributed by atoms with Gasteiger partial charge in [0.1, 0.15) is 5.60 Å². The fourth-order valence-electron chi connectivity index (χ4n) is 2.55. The van der Waals surface area contributed by atoms with Gasteiger partial charge in [-0.1, -0.05) is 35.9 Å². The maximum absolute atomic E-state index is 11.2. The Kier molecular flexibility index (Phi) is 3.58. The normalized spacial score (nSPS) is 18.1. The molecule has 1 fully saturated rings. The summed E-state index contributed by atoms with van der Waals surface area (Å²) in [7, 11) is 0. The molecule has 0 aliphatic heterocycles. The van der Waals surface area contributed by atoms with Crippen LogP contribution in [0.4, 0.5) is 0 Å². The number of hydrogen-bond donors (Lipinski definition) is 1. The highest BCUT2D eigenvalue weighted by Crippen LogP contribution is 2.49. The SMILES string of the molecule is OC(c1ccc(Cl)cc1)(c1ccc(I)cc1)C1CC1. The first-order chi connectivity index (χ1) is 9.10. The molecule has 0 saturated heterocycles. The van der Waals surface area contributed by atoms with E-state index in [2.05, 4.69) is 22.6 Å². The van der Waals surface area contributed by atoms with Crippen LogP contribution in [-0.4, -0.2) is 5.11 Å². The lowest BCUT2D eigenvalue weighted by molar-refractivity contribution is 0.0564. The summed E-state index contributed by atoms with van der Waals surface area (Å²) in [6.45, 7) is 0. The van der Waals surface area contributed by atoms with E-state index in [1.807, 2.05) is 48.5 Å². The van der Waals surface area contributed by atoms with Crippen molar-refractivity contribution in [1.82, 2.24) is 0 Å². The quantitative estimate of drug-likeness (QED) is 0.767. The van der Waals surface area contributed by atoms with Crippen LogP contribution in [-0.2, 0) is 5.60 Å². The van der Waals surface area contributed by atoms with Crippen LogP contribution in [0, 0.1) is 9.49 Å². The largest absolute Gasteiger partial charge is 0.380 e. The van der Waals surface area contributed by atoms with Crippen molar-refractivity contribution in [3.05, 3.63) is 68.3 Å². The number of aliphatic hydroxyl groups is 1. The van der Waals surface area contributed by atoms with Gasteiger partial charge in [0, 0.05) is 8.59 Å². The molecule has 3 heteroatoms. The summed E-state index contributed by atoms with van der Waals surface area (Å²) >= 11 is 8.22. The number of rotatable bonds is 3. The lowest BCUT2D eigenvalue weighted by atomic mass is 9.82. The van der Waals surface area contributed by atoms with Gasteiger partial charge in [-0.3, -0.25) is 0 Å². The molecule has 0 spiro atoms. The van der Waals surface area contributed by atoms with Gasteiger partial charge in [-0.15, -0.1) is 0 Å². The predicted octanol–water partition coefficient (Wildman–Crippen LogP) is 4.59. The van der Waals surface area contributed by atoms with Gasteiger partial charge in [-0.2, -0.15) is 0 Å². The van der Waals surface area contributed by atoms with Crippen molar-refractivity contribution < 1.29 is 5.11 Å². The Morgan fingerprint density at radius 3 is 1.89 bits per heavy atom. The maximum Gasteiger partial charge on any atom is 0.117 e. The van der Waals surface area contributed by atoms with E-state index in [-0.39, 0.29) is 0 Å². The van der Waals surface area contributed by atoms with Gasteiger partial charge in [-0.05, 0) is 76.7 Å². The van der Waals surface area contributed by atoms with Crippen LogP contribution in [0.25, 0.3) is 0 Å². The third-order valence-corrected chi connectivity index (χ3v) is 4.71. The van der Waals surface area contributed by atoms with Gasteiger partial charge in [0.15, 0.2) is 0 Å². The van der Waals surface area contributed by atoms with Crippen LogP contribution in [0.3, 0.4) is 0 Å². The molecule has 0 heterocycles. The van der Waals surface area contributed by atoms with Crippen LogP contribution in [0.2, 0.25) is 5.02 Å². The number of halogens is 2. The fourth-order valence-corrected chi connectivity index (χ4v) is 3.03. The molecule has 19 heavy (non-hydrogen) atoms. The second kappa shape index (κ2) is 5.08. The molecule has 1 N–H and O–H groups in total. The zero-order valence-electron chi connectivity index (χ0n) is 10.3. The first-order valence-corrected chi connectivity index (χ1v) is 7.81. The molecule has 1 aliphatic rings. The van der Waals surface area contributed by atoms with E-state index in [1.54, 1.807) is 0 Å². The Bertz CT molecular complexity index is 527. The first-order valence-electron chi connectivity index (χ1n) is 6.35. The molecular weight excluding hydrogens is 371 g/mol. The summed E-state index contributed by atoms with van der Waals surface area (Å²) in [6, 6.07) is 15.7. The Morgan fingerprint density at radius 1 is 0.947 bits per heavy atom. The molecule has 1 atom stereocenters. The summed E-state index contributed by atoms with van der Waals surface area (Å²) in [5, 5.41) is 11.9. The van der Waals surface area contributed by atoms with Gasteiger partial charge in [0.05, 0.1) is 0 Å². The molecule has 3 rings (SSSR count). The standard InChI is InChI=1S/C16H14ClIO/c17-14-7-3-12(4-8-14)16(19,11-1-2-11)13-5-9-15(18)10-6-13/h3-11,19H,1-2H2. The molecule has 1 unspecified atom stereocenters. The highest BCUT2D eigenvalue weighted by atomic mass is 127. The summed E-state index contributed by atoms with van der Waals surface area (Å²) in [4.78, 5) is 0. The first kappa shape index (κ1) is 13.4. The molecule has 0 amide bonds. The molecule has 2 aromatic carbocycles. The summed E-state index contributed by atoms with van der Waals surface area (Å²) in [6.07, 6.45) is 2.15. The van der Waals surface area contributed by atoms with Gasteiger partial charge < -0.3 is 5.11 Å². The lowest BCUT2D eigenvalue weighted by Crippen LogP contribution is -2.29. The van der Waals surface area contributed by atoms with Gasteiger partial charge in [0.25, 0.3) is 0 Å². The van der Waals surface area contributed by atoms with E-state index in [1.165, 1.54) is 3.57 Å². The molecular formula is C16H14ClIO. The van der Waals surface area contributed by atoms with Crippen molar-refractivity contribution in [3.8, 4) is 0 Å². The topological polar surface area (TPSA) is 20.2 Å². The Balaban J connectivity index is 2.08. The van der Waals surface area contributed by atoms with Crippen molar-refractivity contribution >= 4 is 34.2 Å². The molecule has 1 saturated carbocycles. The minimum Gasteiger partial charge on any atom is -0.380 e. The maximum atomic E-state index is 11.2. The van der Waals surface area contributed by atoms with Gasteiger partial charge >= 0.3 is 0 Å². The third kappa shape index (κ3) is 2.54. The second-order valence-corrected chi connectivity index (χ2v) is 6.74. The Labute approximate surface area is 131 Å². The molecule has 0 radical (unpaired) electrons. The van der Waals surface area contributed by atoms with E-state index >= 15 is 0 Å². The summed E-state index contributed by atoms with van der Waals surface area (Å²) in [5.41, 5.74) is 1.02. The van der Waals surface area contributed by atoms with Crippen LogP contribution in [0.1, 0.15) is 24.0 Å². The predicted molar refractivity (Wildman–Crippen MR) is 86.3 cm³/mol. The van der Waals surface area contributed by atoms with E-state index in [0.29, 0.717) is 10.9 Å². The molecule has 1 aliphatic carbocycles. The Hall–Kier alpha value is -0.580. The lowest BCUT2D eigenvalue weighted by Gasteiger charge is -2.29. The summed E-state index contributed by atoms with van der Waals surface area (Å²) in [5.74, 6) is 0.314. The highest BCUT2D eigenvalue weighted by Gasteiger charge is 2.46. The minimum absolute atomic E-state index is 0.314.